The molecule has 2 atom stereocenters. The molecular weight excluding hydrogens is 580 g/mol. The number of nitrogens with zero attached hydrogens (tertiary/aromatic N) is 7. The Morgan fingerprint density at radius 1 is 1.20 bits per heavy atom. The number of pyridine rings is 1. The van der Waals surface area contributed by atoms with E-state index in [1.54, 1.807) is 4.90 Å². The van der Waals surface area contributed by atoms with E-state index in [0.717, 1.165) is 61.7 Å². The Morgan fingerprint density at radius 3 is 2.70 bits per heavy atom. The molecule has 0 spiro atoms. The van der Waals surface area contributed by atoms with Crippen molar-refractivity contribution in [2.45, 2.75) is 70.5 Å². The minimum Gasteiger partial charge on any atom is -0.488 e. The molecule has 1 aliphatic carbocycles. The predicted octanol–water partition coefficient (Wildman–Crippen LogP) is 4.43. The summed E-state index contributed by atoms with van der Waals surface area (Å²) in [6, 6.07) is 6.09. The van der Waals surface area contributed by atoms with Gasteiger partial charge in [-0.05, 0) is 54.0 Å². The van der Waals surface area contributed by atoms with Crippen LogP contribution < -0.4 is 15.4 Å². The van der Waals surface area contributed by atoms with Gasteiger partial charge in [0.25, 0.3) is 0 Å². The molecule has 3 aromatic rings. The van der Waals surface area contributed by atoms with Gasteiger partial charge in [0, 0.05) is 61.7 Å². The van der Waals surface area contributed by atoms with Crippen molar-refractivity contribution in [2.75, 3.05) is 56.9 Å². The van der Waals surface area contributed by atoms with Crippen molar-refractivity contribution < 1.29 is 18.8 Å². The van der Waals surface area contributed by atoms with E-state index in [2.05, 4.69) is 35.0 Å². The number of ether oxygens (including phenoxy) is 2. The molecule has 3 aliphatic rings. The van der Waals surface area contributed by atoms with Gasteiger partial charge in [0.05, 0.1) is 17.5 Å². The highest BCUT2D eigenvalue weighted by Gasteiger charge is 2.43. The lowest BCUT2D eigenvalue weighted by Crippen LogP contribution is -2.44. The second-order valence-electron chi connectivity index (χ2n) is 13.2. The van der Waals surface area contributed by atoms with E-state index in [-0.39, 0.29) is 12.2 Å². The zero-order valence-electron chi connectivity index (χ0n) is 26.1. The minimum atomic E-state index is -0.624. The summed E-state index contributed by atoms with van der Waals surface area (Å²) >= 11 is 1.48. The number of likely N-dealkylation sites (tertiary alicyclic amines) is 1. The summed E-state index contributed by atoms with van der Waals surface area (Å²) < 4.78 is 17.9. The van der Waals surface area contributed by atoms with E-state index < -0.39 is 11.0 Å². The van der Waals surface area contributed by atoms with Crippen LogP contribution in [0.5, 0.6) is 5.75 Å². The van der Waals surface area contributed by atoms with E-state index in [4.69, 9.17) is 29.7 Å². The summed E-state index contributed by atoms with van der Waals surface area (Å²) in [5.41, 5.74) is 7.00. The SMILES string of the molecule is CN1CCN(c2cc(O[C@H]3CCN(C(=O)OC(C)(C)C)C3)cc(-c3noc(C4(C)CCCc5sc(N)c(C#N)c54)n3)n2)CC1. The molecule has 234 valence electrons. The number of hydrogen-bond acceptors (Lipinski definition) is 12. The van der Waals surface area contributed by atoms with E-state index in [1.807, 2.05) is 32.9 Å². The lowest BCUT2D eigenvalue weighted by Gasteiger charge is -2.33. The highest BCUT2D eigenvalue weighted by Crippen LogP contribution is 2.48. The normalized spacial score (nSPS) is 22.5. The Kier molecular flexibility index (Phi) is 7.92. The molecule has 0 aromatic carbocycles. The molecule has 1 amide bonds. The van der Waals surface area contributed by atoms with Crippen molar-refractivity contribution >= 4 is 28.2 Å². The number of anilines is 2. The number of piperazine rings is 1. The van der Waals surface area contributed by atoms with Crippen molar-refractivity contribution in [1.82, 2.24) is 24.9 Å². The number of likely N-dealkylation sites (N-methyl/N-ethyl adjacent to an activating group) is 1. The van der Waals surface area contributed by atoms with Crippen LogP contribution >= 0.6 is 11.3 Å². The maximum Gasteiger partial charge on any atom is 0.410 e. The molecule has 12 nitrogen and oxygen atoms in total. The number of carbonyl (C=O) groups is 1. The average molecular weight is 621 g/mol. The van der Waals surface area contributed by atoms with Crippen LogP contribution in [0, 0.1) is 11.3 Å². The molecule has 2 saturated heterocycles. The van der Waals surface area contributed by atoms with Crippen LogP contribution in [0.4, 0.5) is 15.6 Å². The van der Waals surface area contributed by atoms with Crippen molar-refractivity contribution in [3.8, 4) is 23.3 Å². The predicted molar refractivity (Wildman–Crippen MR) is 167 cm³/mol. The molecule has 2 aliphatic heterocycles. The largest absolute Gasteiger partial charge is 0.488 e. The Balaban J connectivity index is 1.30. The third-order valence-electron chi connectivity index (χ3n) is 8.59. The van der Waals surface area contributed by atoms with Gasteiger partial charge in [-0.1, -0.05) is 5.16 Å². The first-order valence-electron chi connectivity index (χ1n) is 15.2. The van der Waals surface area contributed by atoms with Gasteiger partial charge >= 0.3 is 6.09 Å². The van der Waals surface area contributed by atoms with Crippen LogP contribution in [-0.4, -0.2) is 89.0 Å². The van der Waals surface area contributed by atoms with E-state index in [9.17, 15) is 10.1 Å². The average Bonchev–Trinajstić information content (AvgIpc) is 3.72. The minimum absolute atomic E-state index is 0.188. The number of fused-ring (bicyclic) bond motifs is 1. The monoisotopic (exact) mass is 620 g/mol. The zero-order chi connectivity index (χ0) is 31.2. The summed E-state index contributed by atoms with van der Waals surface area (Å²) in [7, 11) is 2.11. The number of amides is 1. The first-order chi connectivity index (χ1) is 20.9. The van der Waals surface area contributed by atoms with Gasteiger partial charge < -0.3 is 34.4 Å². The Hall–Kier alpha value is -3.89. The van der Waals surface area contributed by atoms with Crippen LogP contribution in [-0.2, 0) is 16.6 Å². The fourth-order valence-corrected chi connectivity index (χ4v) is 7.43. The van der Waals surface area contributed by atoms with Crippen LogP contribution in [0.15, 0.2) is 16.7 Å². The van der Waals surface area contributed by atoms with E-state index in [1.165, 1.54) is 11.3 Å². The highest BCUT2D eigenvalue weighted by atomic mass is 32.1. The highest BCUT2D eigenvalue weighted by molar-refractivity contribution is 7.16. The second kappa shape index (κ2) is 11.6. The van der Waals surface area contributed by atoms with Crippen LogP contribution in [0.3, 0.4) is 0 Å². The van der Waals surface area contributed by atoms with Gasteiger partial charge in [-0.3, -0.25) is 0 Å². The number of rotatable bonds is 5. The molecule has 13 heteroatoms. The smallest absolute Gasteiger partial charge is 0.410 e. The molecule has 0 bridgehead atoms. The molecule has 1 unspecified atom stereocenters. The number of aryl methyl sites for hydroxylation is 1. The summed E-state index contributed by atoms with van der Waals surface area (Å²) in [6.07, 6.45) is 2.76. The first-order valence-corrected chi connectivity index (χ1v) is 16.0. The fourth-order valence-electron chi connectivity index (χ4n) is 6.24. The Morgan fingerprint density at radius 2 is 1.98 bits per heavy atom. The van der Waals surface area contributed by atoms with E-state index >= 15 is 0 Å². The number of hydrogen-bond donors (Lipinski definition) is 1. The van der Waals surface area contributed by atoms with Crippen molar-refractivity contribution in [2.24, 2.45) is 0 Å². The molecular formula is C31H40N8O4S. The third-order valence-corrected chi connectivity index (χ3v) is 9.67. The number of nitrogen functional groups attached to an aromatic ring is 1. The maximum absolute atomic E-state index is 12.6. The second-order valence-corrected chi connectivity index (χ2v) is 14.3. The maximum atomic E-state index is 12.6. The van der Waals surface area contributed by atoms with Gasteiger partial charge in [-0.25, -0.2) is 9.78 Å². The van der Waals surface area contributed by atoms with Crippen molar-refractivity contribution in [1.29, 1.82) is 5.26 Å². The van der Waals surface area contributed by atoms with Crippen LogP contribution in [0.25, 0.3) is 11.5 Å². The van der Waals surface area contributed by atoms with Gasteiger partial charge in [0.1, 0.15) is 40.0 Å². The number of aromatic nitrogens is 3. The third kappa shape index (κ3) is 5.93. The van der Waals surface area contributed by atoms with Gasteiger partial charge in [-0.2, -0.15) is 10.2 Å². The summed E-state index contributed by atoms with van der Waals surface area (Å²) in [4.78, 5) is 29.8. The van der Waals surface area contributed by atoms with Gasteiger partial charge in [-0.15, -0.1) is 11.3 Å². The summed E-state index contributed by atoms with van der Waals surface area (Å²) in [6.45, 7) is 12.2. The zero-order valence-corrected chi connectivity index (χ0v) is 26.9. The molecule has 2 N–H and O–H groups in total. The molecule has 44 heavy (non-hydrogen) atoms. The number of thiophene rings is 1. The topological polar surface area (TPSA) is 147 Å². The van der Waals surface area contributed by atoms with Crippen LogP contribution in [0.1, 0.15) is 68.9 Å². The first kappa shape index (κ1) is 30.1. The number of nitriles is 1. The molecule has 2 fully saturated rings. The number of nitrogens with two attached hydrogens (primary N) is 1. The molecule has 0 saturated carbocycles. The van der Waals surface area contributed by atoms with Crippen LogP contribution in [0.2, 0.25) is 0 Å². The van der Waals surface area contributed by atoms with Crippen molar-refractivity contribution in [3.63, 3.8) is 0 Å². The molecule has 6 rings (SSSR count). The molecule has 5 heterocycles. The standard InChI is InChI=1S/C31H40N8O4S/c1-30(2,3)42-29(40)39-10-8-19(18-39)41-20-15-22(34-24(16-20)38-13-11-37(5)12-14-38)27-35-28(43-36-27)31(4)9-6-7-23-25(31)21(17-32)26(33)44-23/h15-16,19H,6-14,18,33H2,1-5H3/t19-,31?/m0/s1. The van der Waals surface area contributed by atoms with Gasteiger partial charge in [0.2, 0.25) is 11.7 Å². The Labute approximate surface area is 261 Å². The van der Waals surface area contributed by atoms with Crippen molar-refractivity contribution in [3.05, 3.63) is 34.0 Å². The molecule has 3 aromatic heterocycles. The van der Waals surface area contributed by atoms with E-state index in [0.29, 0.717) is 53.2 Å². The quantitative estimate of drug-likeness (QED) is 0.432. The molecule has 0 radical (unpaired) electrons. The Bertz CT molecular complexity index is 1580. The lowest BCUT2D eigenvalue weighted by molar-refractivity contribution is 0.0275. The fraction of sp³-hybridized carbons (Fsp3) is 0.581. The summed E-state index contributed by atoms with van der Waals surface area (Å²) in [5.74, 6) is 2.22. The summed E-state index contributed by atoms with van der Waals surface area (Å²) in [5, 5.41) is 14.8. The lowest BCUT2D eigenvalue weighted by atomic mass is 9.72. The number of carbonyl (C=O) groups excluding carboxylic acids is 1. The van der Waals surface area contributed by atoms with Gasteiger partial charge in [0.15, 0.2) is 0 Å².